The molecule has 2 amide bonds. The average molecular weight is 446 g/mol. The zero-order chi connectivity index (χ0) is 22.7. The molecule has 0 unspecified atom stereocenters. The summed E-state index contributed by atoms with van der Waals surface area (Å²) >= 11 is 6.21. The maximum Gasteiger partial charge on any atom is 0.256 e. The van der Waals surface area contributed by atoms with Crippen LogP contribution >= 0.6 is 11.6 Å². The number of halogens is 1. The van der Waals surface area contributed by atoms with E-state index in [0.717, 1.165) is 11.1 Å². The van der Waals surface area contributed by atoms with Crippen LogP contribution in [0.5, 0.6) is 0 Å². The van der Waals surface area contributed by atoms with Crippen molar-refractivity contribution >= 4 is 34.8 Å². The zero-order valence-electron chi connectivity index (χ0n) is 17.5. The molecule has 7 heteroatoms. The maximum absolute atomic E-state index is 13.0. The minimum atomic E-state index is -0.334. The van der Waals surface area contributed by atoms with Gasteiger partial charge in [-0.25, -0.2) is 4.98 Å². The predicted molar refractivity (Wildman–Crippen MR) is 126 cm³/mol. The van der Waals surface area contributed by atoms with Gasteiger partial charge in [-0.05, 0) is 37.3 Å². The van der Waals surface area contributed by atoms with E-state index >= 15 is 0 Å². The highest BCUT2D eigenvalue weighted by Gasteiger charge is 2.17. The fourth-order valence-corrected chi connectivity index (χ4v) is 3.43. The molecule has 1 heterocycles. The molecule has 6 nitrogen and oxygen atoms in total. The van der Waals surface area contributed by atoms with Gasteiger partial charge in [0.05, 0.1) is 22.5 Å². The number of benzene rings is 3. The van der Waals surface area contributed by atoms with Gasteiger partial charge in [0.1, 0.15) is 0 Å². The van der Waals surface area contributed by atoms with Crippen molar-refractivity contribution in [2.24, 2.45) is 0 Å². The molecule has 0 aliphatic heterocycles. The molecule has 32 heavy (non-hydrogen) atoms. The van der Waals surface area contributed by atoms with Crippen LogP contribution < -0.4 is 10.6 Å². The van der Waals surface area contributed by atoms with Gasteiger partial charge >= 0.3 is 0 Å². The van der Waals surface area contributed by atoms with E-state index in [4.69, 9.17) is 16.0 Å². The maximum atomic E-state index is 13.0. The highest BCUT2D eigenvalue weighted by Crippen LogP contribution is 2.30. The molecule has 2 N–H and O–H groups in total. The Morgan fingerprint density at radius 1 is 0.969 bits per heavy atom. The number of hydrogen-bond donors (Lipinski definition) is 2. The third-order valence-corrected chi connectivity index (χ3v) is 5.09. The standard InChI is InChI=1S/C25H20ClN3O3/c1-15-7-9-17(10-8-15)23-14-27-25(32-23)20-6-4-3-5-19(20)24(31)29-18-11-12-22(21(26)13-18)28-16(2)30/h3-14H,1-2H3,(H,28,30)(H,29,31). The van der Waals surface area contributed by atoms with Crippen LogP contribution in [0.3, 0.4) is 0 Å². The third-order valence-electron chi connectivity index (χ3n) is 4.78. The van der Waals surface area contributed by atoms with Crippen LogP contribution in [-0.2, 0) is 4.79 Å². The molecule has 0 saturated heterocycles. The zero-order valence-corrected chi connectivity index (χ0v) is 18.2. The summed E-state index contributed by atoms with van der Waals surface area (Å²) in [5.41, 5.74) is 4.01. The molecule has 4 aromatic rings. The summed E-state index contributed by atoms with van der Waals surface area (Å²) in [5, 5.41) is 5.78. The molecule has 0 fully saturated rings. The van der Waals surface area contributed by atoms with Crippen LogP contribution in [0.4, 0.5) is 11.4 Å². The summed E-state index contributed by atoms with van der Waals surface area (Å²) in [6.07, 6.45) is 1.65. The summed E-state index contributed by atoms with van der Waals surface area (Å²) in [5.74, 6) is 0.411. The molecular weight excluding hydrogens is 426 g/mol. The summed E-state index contributed by atoms with van der Waals surface area (Å²) in [6.45, 7) is 3.42. The number of nitrogens with one attached hydrogen (secondary N) is 2. The van der Waals surface area contributed by atoms with Gasteiger partial charge in [-0.2, -0.15) is 0 Å². The monoisotopic (exact) mass is 445 g/mol. The van der Waals surface area contributed by atoms with Gasteiger partial charge in [-0.3, -0.25) is 9.59 Å². The van der Waals surface area contributed by atoms with Crippen molar-refractivity contribution in [2.75, 3.05) is 10.6 Å². The van der Waals surface area contributed by atoms with Gasteiger partial charge in [0, 0.05) is 23.7 Å². The van der Waals surface area contributed by atoms with Crippen LogP contribution in [0.1, 0.15) is 22.8 Å². The second kappa shape index (κ2) is 9.08. The Labute approximate surface area is 190 Å². The first-order valence-electron chi connectivity index (χ1n) is 9.91. The fraction of sp³-hybridized carbons (Fsp3) is 0.0800. The van der Waals surface area contributed by atoms with E-state index in [2.05, 4.69) is 15.6 Å². The Morgan fingerprint density at radius 2 is 1.72 bits per heavy atom. The van der Waals surface area contributed by atoms with E-state index in [9.17, 15) is 9.59 Å². The predicted octanol–water partition coefficient (Wildman–Crippen LogP) is 6.18. The highest BCUT2D eigenvalue weighted by atomic mass is 35.5. The van der Waals surface area contributed by atoms with Crippen molar-refractivity contribution in [1.82, 2.24) is 4.98 Å². The van der Waals surface area contributed by atoms with E-state index in [1.54, 1.807) is 42.6 Å². The van der Waals surface area contributed by atoms with Crippen molar-refractivity contribution in [3.05, 3.63) is 89.1 Å². The molecule has 0 radical (unpaired) electrons. The smallest absolute Gasteiger partial charge is 0.256 e. The van der Waals surface area contributed by atoms with Crippen molar-refractivity contribution in [2.45, 2.75) is 13.8 Å². The lowest BCUT2D eigenvalue weighted by Crippen LogP contribution is -2.13. The van der Waals surface area contributed by atoms with Gasteiger partial charge in [0.2, 0.25) is 11.8 Å². The third kappa shape index (κ3) is 4.71. The van der Waals surface area contributed by atoms with Gasteiger partial charge in [-0.1, -0.05) is 53.6 Å². The lowest BCUT2D eigenvalue weighted by Gasteiger charge is -2.10. The summed E-state index contributed by atoms with van der Waals surface area (Å²) in [6, 6.07) is 19.9. The number of nitrogens with zero attached hydrogens (tertiary/aromatic N) is 1. The first kappa shape index (κ1) is 21.3. The lowest BCUT2D eigenvalue weighted by atomic mass is 10.1. The number of rotatable bonds is 5. The molecule has 160 valence electrons. The van der Waals surface area contributed by atoms with Crippen molar-refractivity contribution < 1.29 is 14.0 Å². The number of aromatic nitrogens is 1. The van der Waals surface area contributed by atoms with E-state index in [1.807, 2.05) is 37.3 Å². The molecule has 4 rings (SSSR count). The van der Waals surface area contributed by atoms with Crippen molar-refractivity contribution in [1.29, 1.82) is 0 Å². The minimum Gasteiger partial charge on any atom is -0.436 e. The molecular formula is C25H20ClN3O3. The first-order chi connectivity index (χ1) is 15.4. The molecule has 0 aliphatic carbocycles. The number of anilines is 2. The molecule has 0 saturated carbocycles. The highest BCUT2D eigenvalue weighted by molar-refractivity contribution is 6.34. The van der Waals surface area contributed by atoms with Gasteiger partial charge < -0.3 is 15.1 Å². The van der Waals surface area contributed by atoms with Crippen LogP contribution in [0.2, 0.25) is 5.02 Å². The Morgan fingerprint density at radius 3 is 2.44 bits per heavy atom. The van der Waals surface area contributed by atoms with E-state index in [-0.39, 0.29) is 11.8 Å². The SMILES string of the molecule is CC(=O)Nc1ccc(NC(=O)c2ccccc2-c2ncc(-c3ccc(C)cc3)o2)cc1Cl. The Hall–Kier alpha value is -3.90. The fourth-order valence-electron chi connectivity index (χ4n) is 3.20. The number of carbonyl (C=O) groups is 2. The second-order valence-corrected chi connectivity index (χ2v) is 7.68. The second-order valence-electron chi connectivity index (χ2n) is 7.27. The van der Waals surface area contributed by atoms with Crippen LogP contribution in [-0.4, -0.2) is 16.8 Å². The van der Waals surface area contributed by atoms with E-state index in [1.165, 1.54) is 6.92 Å². The number of aryl methyl sites for hydroxylation is 1. The quantitative estimate of drug-likeness (QED) is 0.384. The summed E-state index contributed by atoms with van der Waals surface area (Å²) in [7, 11) is 0. The Balaban J connectivity index is 1.59. The van der Waals surface area contributed by atoms with Crippen molar-refractivity contribution in [3.63, 3.8) is 0 Å². The molecule has 0 atom stereocenters. The molecule has 0 spiro atoms. The van der Waals surface area contributed by atoms with E-state index < -0.39 is 0 Å². The van der Waals surface area contributed by atoms with Gasteiger partial charge in [-0.15, -0.1) is 0 Å². The average Bonchev–Trinajstić information content (AvgIpc) is 3.26. The van der Waals surface area contributed by atoms with Crippen LogP contribution in [0, 0.1) is 6.92 Å². The molecule has 0 aliphatic rings. The Bertz CT molecular complexity index is 1300. The molecule has 3 aromatic carbocycles. The van der Waals surface area contributed by atoms with Crippen LogP contribution in [0.25, 0.3) is 22.8 Å². The largest absolute Gasteiger partial charge is 0.436 e. The summed E-state index contributed by atoms with van der Waals surface area (Å²) < 4.78 is 5.96. The number of amides is 2. The normalized spacial score (nSPS) is 10.6. The van der Waals surface area contributed by atoms with E-state index in [0.29, 0.717) is 39.2 Å². The van der Waals surface area contributed by atoms with Crippen LogP contribution in [0.15, 0.2) is 77.3 Å². The minimum absolute atomic E-state index is 0.228. The first-order valence-corrected chi connectivity index (χ1v) is 10.3. The molecule has 1 aromatic heterocycles. The summed E-state index contributed by atoms with van der Waals surface area (Å²) in [4.78, 5) is 28.6. The topological polar surface area (TPSA) is 84.2 Å². The van der Waals surface area contributed by atoms with Crippen molar-refractivity contribution in [3.8, 4) is 22.8 Å². The lowest BCUT2D eigenvalue weighted by molar-refractivity contribution is -0.114. The van der Waals surface area contributed by atoms with Gasteiger partial charge in [0.15, 0.2) is 5.76 Å². The molecule has 0 bridgehead atoms. The van der Waals surface area contributed by atoms with Gasteiger partial charge in [0.25, 0.3) is 5.91 Å². The number of oxazole rings is 1. The number of carbonyl (C=O) groups excluding carboxylic acids is 2. The Kier molecular flexibility index (Phi) is 6.05. The number of hydrogen-bond acceptors (Lipinski definition) is 4.